The molecule has 0 radical (unpaired) electrons. The standard InChI is InChI=1S/C7H8NS.2C5H11.C4H9.Sn/c1-2-4-7-6(3-1)8-5-9-7;2*1-3-5-4-2;1-3-4-2;/h1-4H2;2*1,3-5H2,2H3;1,3-4H2,2H3;. The second-order valence-electron chi connectivity index (χ2n) is 7.89. The predicted molar refractivity (Wildman–Crippen MR) is 113 cm³/mol. The Balaban J connectivity index is 2.23. The Morgan fingerprint density at radius 3 is 1.96 bits per heavy atom. The fourth-order valence-electron chi connectivity index (χ4n) is 4.22. The number of aryl methyl sites for hydroxylation is 2. The first-order valence-electron chi connectivity index (χ1n) is 10.7. The van der Waals surface area contributed by atoms with Crippen LogP contribution in [0, 0.1) is 0 Å². The van der Waals surface area contributed by atoms with Crippen molar-refractivity contribution in [3.63, 3.8) is 0 Å². The van der Waals surface area contributed by atoms with Gasteiger partial charge < -0.3 is 0 Å². The predicted octanol–water partition coefficient (Wildman–Crippen LogP) is 6.86. The Bertz CT molecular complexity index is 435. The van der Waals surface area contributed by atoms with Crippen molar-refractivity contribution in [1.82, 2.24) is 4.98 Å². The Hall–Kier alpha value is 0.429. The van der Waals surface area contributed by atoms with E-state index in [0.29, 0.717) is 0 Å². The quantitative estimate of drug-likeness (QED) is 0.247. The first-order chi connectivity index (χ1) is 11.8. The molecule has 3 heteroatoms. The molecule has 2 rings (SSSR count). The van der Waals surface area contributed by atoms with E-state index in [9.17, 15) is 0 Å². The van der Waals surface area contributed by atoms with Gasteiger partial charge in [0.1, 0.15) is 0 Å². The summed E-state index contributed by atoms with van der Waals surface area (Å²) in [5, 5.41) is 0. The molecular formula is C21H39NSSn. The number of hydrogen-bond donors (Lipinski definition) is 0. The van der Waals surface area contributed by atoms with Crippen LogP contribution in [0.2, 0.25) is 13.3 Å². The van der Waals surface area contributed by atoms with Crippen LogP contribution in [0.5, 0.6) is 0 Å². The van der Waals surface area contributed by atoms with Crippen LogP contribution in [0.15, 0.2) is 0 Å². The number of unbranched alkanes of at least 4 members (excludes halogenated alkanes) is 5. The molecule has 1 aromatic rings. The van der Waals surface area contributed by atoms with Gasteiger partial charge >= 0.3 is 159 Å². The van der Waals surface area contributed by atoms with E-state index in [4.69, 9.17) is 4.98 Å². The Morgan fingerprint density at radius 2 is 1.38 bits per heavy atom. The third-order valence-electron chi connectivity index (χ3n) is 5.83. The van der Waals surface area contributed by atoms with Crippen molar-refractivity contribution in [2.24, 2.45) is 0 Å². The summed E-state index contributed by atoms with van der Waals surface area (Å²) >= 11 is -0.0883. The summed E-state index contributed by atoms with van der Waals surface area (Å²) in [4.78, 5) is 7.03. The van der Waals surface area contributed by atoms with Crippen LogP contribution in [0.1, 0.15) is 95.6 Å². The molecule has 0 N–H and O–H groups in total. The molecule has 24 heavy (non-hydrogen) atoms. The van der Waals surface area contributed by atoms with Crippen LogP contribution in [-0.4, -0.2) is 23.4 Å². The molecule has 1 aromatic heterocycles. The van der Waals surface area contributed by atoms with Gasteiger partial charge in [-0.25, -0.2) is 0 Å². The summed E-state index contributed by atoms with van der Waals surface area (Å²) in [6.07, 6.45) is 16.7. The number of rotatable bonds is 12. The summed E-state index contributed by atoms with van der Waals surface area (Å²) in [5.74, 6) is 0. The number of fused-ring (bicyclic) bond motifs is 1. The topological polar surface area (TPSA) is 12.9 Å². The average molecular weight is 456 g/mol. The third kappa shape index (κ3) is 5.72. The van der Waals surface area contributed by atoms with Gasteiger partial charge in [-0.3, -0.25) is 0 Å². The van der Waals surface area contributed by atoms with E-state index >= 15 is 0 Å². The van der Waals surface area contributed by atoms with Gasteiger partial charge in [-0.2, -0.15) is 0 Å². The van der Waals surface area contributed by atoms with Crippen molar-refractivity contribution in [1.29, 1.82) is 0 Å². The van der Waals surface area contributed by atoms with E-state index in [1.807, 2.05) is 0 Å². The first-order valence-corrected chi connectivity index (χ1v) is 19.0. The van der Waals surface area contributed by atoms with Crippen molar-refractivity contribution < 1.29 is 0 Å². The Kier molecular flexibility index (Phi) is 9.68. The minimum absolute atomic E-state index is 1.27. The molecule has 0 spiro atoms. The molecule has 0 fully saturated rings. The Morgan fingerprint density at radius 1 is 0.792 bits per heavy atom. The number of hydrogen-bond acceptors (Lipinski definition) is 2. The summed E-state index contributed by atoms with van der Waals surface area (Å²) in [6, 6.07) is 0. The molecule has 0 saturated carbocycles. The summed E-state index contributed by atoms with van der Waals surface area (Å²) in [7, 11) is 0. The second-order valence-corrected chi connectivity index (χ2v) is 23.0. The minimum atomic E-state index is -2.28. The maximum atomic E-state index is 5.35. The van der Waals surface area contributed by atoms with Crippen molar-refractivity contribution in [3.05, 3.63) is 10.6 Å². The molecule has 0 aliphatic heterocycles. The van der Waals surface area contributed by atoms with Gasteiger partial charge in [0.25, 0.3) is 0 Å². The third-order valence-corrected chi connectivity index (χ3v) is 24.7. The number of aromatic nitrogens is 1. The van der Waals surface area contributed by atoms with Crippen LogP contribution >= 0.6 is 11.3 Å². The normalized spacial score (nSPS) is 14.8. The molecule has 138 valence electrons. The molecule has 1 nitrogen and oxygen atoms in total. The molecule has 0 bridgehead atoms. The van der Waals surface area contributed by atoms with Crippen molar-refractivity contribution >= 4 is 32.7 Å². The maximum absolute atomic E-state index is 5.35. The molecule has 1 aliphatic rings. The molecule has 0 unspecified atom stereocenters. The van der Waals surface area contributed by atoms with Gasteiger partial charge in [-0.15, -0.1) is 0 Å². The van der Waals surface area contributed by atoms with Gasteiger partial charge in [-0.05, 0) is 0 Å². The number of thiazole rings is 1. The van der Waals surface area contributed by atoms with E-state index in [-0.39, 0.29) is 0 Å². The zero-order valence-electron chi connectivity index (χ0n) is 16.5. The van der Waals surface area contributed by atoms with Crippen molar-refractivity contribution in [3.8, 4) is 0 Å². The summed E-state index contributed by atoms with van der Waals surface area (Å²) in [6.45, 7) is 7.08. The average Bonchev–Trinajstić information content (AvgIpc) is 3.04. The zero-order valence-corrected chi connectivity index (χ0v) is 20.1. The monoisotopic (exact) mass is 457 g/mol. The van der Waals surface area contributed by atoms with E-state index in [1.54, 1.807) is 21.2 Å². The second kappa shape index (κ2) is 11.2. The molecule has 1 aliphatic carbocycles. The summed E-state index contributed by atoms with van der Waals surface area (Å²) in [5.41, 5.74) is 1.52. The fourth-order valence-corrected chi connectivity index (χ4v) is 23.6. The number of nitrogens with zero attached hydrogens (tertiary/aromatic N) is 1. The van der Waals surface area contributed by atoms with Gasteiger partial charge in [0, 0.05) is 0 Å². The van der Waals surface area contributed by atoms with Crippen LogP contribution in [0.25, 0.3) is 0 Å². The molecule has 0 aromatic carbocycles. The fraction of sp³-hybridized carbons (Fsp3) is 0.857. The molecule has 0 saturated heterocycles. The van der Waals surface area contributed by atoms with Crippen molar-refractivity contribution in [2.45, 2.75) is 111 Å². The van der Waals surface area contributed by atoms with Gasteiger partial charge in [0.15, 0.2) is 0 Å². The molecule has 0 amide bonds. The SMILES string of the molecule is CCCC[CH2][Sn]([CH2]CCC)([CH2]CCCC)[c]1nc2c(s1)CCCC2. The van der Waals surface area contributed by atoms with E-state index in [0.717, 1.165) is 0 Å². The van der Waals surface area contributed by atoms with E-state index in [2.05, 4.69) is 32.1 Å². The molecular weight excluding hydrogens is 417 g/mol. The van der Waals surface area contributed by atoms with Crippen molar-refractivity contribution in [2.75, 3.05) is 0 Å². The van der Waals surface area contributed by atoms with Crippen LogP contribution in [0.3, 0.4) is 0 Å². The first kappa shape index (κ1) is 20.7. The van der Waals surface area contributed by atoms with Gasteiger partial charge in [0.05, 0.1) is 0 Å². The van der Waals surface area contributed by atoms with Gasteiger partial charge in [-0.1, -0.05) is 0 Å². The molecule has 1 heterocycles. The van der Waals surface area contributed by atoms with Crippen LogP contribution in [0.4, 0.5) is 0 Å². The van der Waals surface area contributed by atoms with Crippen LogP contribution in [-0.2, 0) is 12.8 Å². The van der Waals surface area contributed by atoms with E-state index < -0.39 is 18.4 Å². The summed E-state index contributed by atoms with van der Waals surface area (Å²) < 4.78 is 6.47. The Labute approximate surface area is 158 Å². The van der Waals surface area contributed by atoms with Crippen LogP contribution < -0.4 is 3.02 Å². The molecule has 0 atom stereocenters. The van der Waals surface area contributed by atoms with Gasteiger partial charge in [0.2, 0.25) is 0 Å². The van der Waals surface area contributed by atoms with E-state index in [1.165, 1.54) is 82.7 Å². The zero-order chi connectivity index (χ0) is 17.3.